The van der Waals surface area contributed by atoms with Gasteiger partial charge in [-0.1, -0.05) is 124 Å². The van der Waals surface area contributed by atoms with E-state index in [4.69, 9.17) is 9.05 Å². The van der Waals surface area contributed by atoms with Crippen LogP contribution in [0.4, 0.5) is 0 Å². The van der Waals surface area contributed by atoms with Crippen molar-refractivity contribution in [2.45, 2.75) is 129 Å². The number of unbranched alkanes of at least 4 members (excludes halogenated alkanes) is 6. The molecule has 0 radical (unpaired) electrons. The molecule has 9 heteroatoms. The number of phosphoric acid groups is 1. The molecular formula is C43H74N2O6P+. The molecule has 0 aliphatic heterocycles. The molecule has 3 N–H and O–H groups in total. The molecule has 0 bridgehead atoms. The van der Waals surface area contributed by atoms with Gasteiger partial charge in [-0.25, -0.2) is 4.57 Å². The zero-order valence-corrected chi connectivity index (χ0v) is 34.1. The van der Waals surface area contributed by atoms with Gasteiger partial charge in [-0.2, -0.15) is 0 Å². The van der Waals surface area contributed by atoms with Gasteiger partial charge in [0, 0.05) is 6.42 Å². The summed E-state index contributed by atoms with van der Waals surface area (Å²) in [6.45, 7) is 4.52. The van der Waals surface area contributed by atoms with Crippen molar-refractivity contribution in [3.8, 4) is 0 Å². The first-order valence-corrected chi connectivity index (χ1v) is 21.1. The number of phosphoric ester groups is 1. The van der Waals surface area contributed by atoms with Crippen LogP contribution in [-0.2, 0) is 18.4 Å². The van der Waals surface area contributed by atoms with E-state index in [9.17, 15) is 19.4 Å². The second-order valence-electron chi connectivity index (χ2n) is 13.9. The maximum atomic E-state index is 12.8. The Bertz CT molecular complexity index is 1160. The van der Waals surface area contributed by atoms with Crippen LogP contribution in [0.25, 0.3) is 0 Å². The average molecular weight is 746 g/mol. The normalized spacial score (nSPS) is 15.6. The van der Waals surface area contributed by atoms with Crippen LogP contribution in [0, 0.1) is 0 Å². The van der Waals surface area contributed by atoms with Gasteiger partial charge < -0.3 is 19.8 Å². The maximum absolute atomic E-state index is 12.8. The van der Waals surface area contributed by atoms with E-state index in [0.29, 0.717) is 23.9 Å². The fraction of sp³-hybridized carbons (Fsp3) is 0.605. The number of amides is 1. The molecule has 1 amide bonds. The predicted octanol–water partition coefficient (Wildman–Crippen LogP) is 10.4. The molecule has 296 valence electrons. The van der Waals surface area contributed by atoms with Gasteiger partial charge in [-0.15, -0.1) is 0 Å². The van der Waals surface area contributed by atoms with Gasteiger partial charge in [0.1, 0.15) is 13.2 Å². The van der Waals surface area contributed by atoms with E-state index in [2.05, 4.69) is 104 Å². The largest absolute Gasteiger partial charge is 0.472 e. The molecule has 0 saturated heterocycles. The Kier molecular flexibility index (Phi) is 32.5. The number of rotatable bonds is 33. The van der Waals surface area contributed by atoms with E-state index in [0.717, 1.165) is 89.9 Å². The summed E-state index contributed by atoms with van der Waals surface area (Å²) in [5.74, 6) is -0.231. The van der Waals surface area contributed by atoms with Crippen LogP contribution in [0.5, 0.6) is 0 Å². The van der Waals surface area contributed by atoms with Crippen LogP contribution in [0.1, 0.15) is 117 Å². The molecule has 0 aromatic rings. The molecule has 0 saturated carbocycles. The quantitative estimate of drug-likeness (QED) is 0.0267. The summed E-state index contributed by atoms with van der Waals surface area (Å²) in [7, 11) is 1.50. The lowest BCUT2D eigenvalue weighted by atomic mass is 10.1. The lowest BCUT2D eigenvalue weighted by Crippen LogP contribution is -2.45. The van der Waals surface area contributed by atoms with Crippen molar-refractivity contribution in [1.29, 1.82) is 0 Å². The smallest absolute Gasteiger partial charge is 0.387 e. The number of carbonyl (C=O) groups excluding carboxylic acids is 1. The lowest BCUT2D eigenvalue weighted by molar-refractivity contribution is -0.870. The number of nitrogens with one attached hydrogen (secondary N) is 1. The molecule has 52 heavy (non-hydrogen) atoms. The van der Waals surface area contributed by atoms with Gasteiger partial charge in [0.2, 0.25) is 5.91 Å². The van der Waals surface area contributed by atoms with Crippen LogP contribution < -0.4 is 5.32 Å². The van der Waals surface area contributed by atoms with Gasteiger partial charge in [-0.3, -0.25) is 13.8 Å². The third-order valence-electron chi connectivity index (χ3n) is 7.75. The number of hydrogen-bond acceptors (Lipinski definition) is 5. The highest BCUT2D eigenvalue weighted by Gasteiger charge is 2.27. The molecule has 0 aliphatic carbocycles. The highest BCUT2D eigenvalue weighted by atomic mass is 31.2. The molecule has 3 unspecified atom stereocenters. The Morgan fingerprint density at radius 1 is 0.673 bits per heavy atom. The number of quaternary nitrogens is 1. The summed E-state index contributed by atoms with van der Waals surface area (Å²) in [5, 5.41) is 13.7. The zero-order valence-electron chi connectivity index (χ0n) is 33.2. The number of allylic oxidation sites excluding steroid dienone is 15. The molecule has 0 spiro atoms. The molecule has 3 atom stereocenters. The van der Waals surface area contributed by atoms with Crippen LogP contribution in [0.2, 0.25) is 0 Å². The Morgan fingerprint density at radius 2 is 1.17 bits per heavy atom. The molecule has 0 aromatic carbocycles. The van der Waals surface area contributed by atoms with E-state index in [1.54, 1.807) is 6.08 Å². The Hall–Kier alpha value is -2.58. The number of hydrogen-bond donors (Lipinski definition) is 3. The van der Waals surface area contributed by atoms with Gasteiger partial charge >= 0.3 is 7.82 Å². The summed E-state index contributed by atoms with van der Waals surface area (Å²) >= 11 is 0. The van der Waals surface area contributed by atoms with Crippen molar-refractivity contribution in [2.24, 2.45) is 0 Å². The monoisotopic (exact) mass is 746 g/mol. The summed E-state index contributed by atoms with van der Waals surface area (Å²) in [6, 6.07) is -0.891. The van der Waals surface area contributed by atoms with Crippen molar-refractivity contribution >= 4 is 13.7 Å². The highest BCUT2D eigenvalue weighted by Crippen LogP contribution is 2.43. The third-order valence-corrected chi connectivity index (χ3v) is 8.73. The molecule has 0 rings (SSSR count). The van der Waals surface area contributed by atoms with Gasteiger partial charge in [0.05, 0.1) is 39.9 Å². The minimum atomic E-state index is -4.36. The van der Waals surface area contributed by atoms with Gasteiger partial charge in [-0.05, 0) is 83.5 Å². The van der Waals surface area contributed by atoms with Crippen molar-refractivity contribution < 1.29 is 32.9 Å². The molecule has 0 aliphatic rings. The number of nitrogens with zero attached hydrogens (tertiary/aromatic N) is 1. The second-order valence-corrected chi connectivity index (χ2v) is 15.4. The number of aliphatic hydroxyl groups excluding tert-OH is 1. The lowest BCUT2D eigenvalue weighted by Gasteiger charge is -2.25. The van der Waals surface area contributed by atoms with E-state index >= 15 is 0 Å². The van der Waals surface area contributed by atoms with Crippen LogP contribution >= 0.6 is 7.82 Å². The summed E-state index contributed by atoms with van der Waals surface area (Å²) in [4.78, 5) is 23.0. The number of aliphatic hydroxyl groups is 1. The topological polar surface area (TPSA) is 105 Å². The highest BCUT2D eigenvalue weighted by molar-refractivity contribution is 7.47. The first kappa shape index (κ1) is 49.4. The van der Waals surface area contributed by atoms with E-state index in [-0.39, 0.29) is 19.1 Å². The Labute approximate surface area is 318 Å². The first-order valence-electron chi connectivity index (χ1n) is 19.6. The zero-order chi connectivity index (χ0) is 38.6. The van der Waals surface area contributed by atoms with Gasteiger partial charge in [0.15, 0.2) is 0 Å². The van der Waals surface area contributed by atoms with Crippen molar-refractivity contribution in [1.82, 2.24) is 5.32 Å². The fourth-order valence-corrected chi connectivity index (χ4v) is 5.37. The minimum Gasteiger partial charge on any atom is -0.387 e. The summed E-state index contributed by atoms with van der Waals surface area (Å²) in [5.41, 5.74) is 0. The predicted molar refractivity (Wildman–Crippen MR) is 221 cm³/mol. The van der Waals surface area contributed by atoms with Crippen LogP contribution in [0.15, 0.2) is 97.2 Å². The van der Waals surface area contributed by atoms with E-state index in [1.807, 2.05) is 27.2 Å². The van der Waals surface area contributed by atoms with Crippen molar-refractivity contribution in [3.05, 3.63) is 97.2 Å². The summed E-state index contributed by atoms with van der Waals surface area (Å²) < 4.78 is 23.4. The molecule has 0 aromatic heterocycles. The molecule has 0 heterocycles. The summed E-state index contributed by atoms with van der Waals surface area (Å²) in [6.07, 6.45) is 47.7. The van der Waals surface area contributed by atoms with E-state index in [1.165, 1.54) is 0 Å². The Balaban J connectivity index is 4.61. The number of carbonyl (C=O) groups is 1. The fourth-order valence-electron chi connectivity index (χ4n) is 4.63. The SMILES string of the molecule is CC/C=C\C/C=C\C/C=C\C/C=C\C/C=C\CCCCCC(=O)NC(COP(=O)(O)OCC[N+](C)(C)C)C(O)/C=C/CC/C=C/CC/C=C/CCC. The minimum absolute atomic E-state index is 0.0406. The van der Waals surface area contributed by atoms with E-state index < -0.39 is 20.0 Å². The third kappa shape index (κ3) is 35.8. The van der Waals surface area contributed by atoms with Crippen molar-refractivity contribution in [3.63, 3.8) is 0 Å². The molecular weight excluding hydrogens is 671 g/mol. The van der Waals surface area contributed by atoms with Crippen molar-refractivity contribution in [2.75, 3.05) is 40.9 Å². The van der Waals surface area contributed by atoms with Crippen LogP contribution in [0.3, 0.4) is 0 Å². The molecule has 8 nitrogen and oxygen atoms in total. The maximum Gasteiger partial charge on any atom is 0.472 e. The number of likely N-dealkylation sites (N-methyl/N-ethyl adjacent to an activating group) is 1. The molecule has 0 fully saturated rings. The van der Waals surface area contributed by atoms with Crippen LogP contribution in [-0.4, -0.2) is 73.4 Å². The standard InChI is InChI=1S/C43H73N2O6P/c1-6-8-10-12-14-16-18-19-20-21-22-23-24-25-27-29-31-33-35-37-43(47)44-41(40-51-52(48,49)50-39-38-45(3,4)5)42(46)36-34-32-30-28-26-17-15-13-11-9-7-2/h8,10-11,13-14,16,19-20,22-23,25-28,34,36,41-42,46H,6-7,9,12,15,17-18,21,24,29-33,35,37-40H2,1-5H3,(H-,44,47,48,49)/p+1/b10-8-,13-11+,16-14-,20-19-,23-22-,27-25-,28-26+,36-34+. The first-order chi connectivity index (χ1) is 25.0. The average Bonchev–Trinajstić information content (AvgIpc) is 3.09. The Morgan fingerprint density at radius 3 is 1.71 bits per heavy atom. The second kappa shape index (κ2) is 34.2. The van der Waals surface area contributed by atoms with Gasteiger partial charge in [0.25, 0.3) is 0 Å².